The number of aliphatic imine (C=N–C) groups is 1. The van der Waals surface area contributed by atoms with E-state index in [1.54, 1.807) is 20.1 Å². The Morgan fingerprint density at radius 1 is 1.17 bits per heavy atom. The molecular weight excluding hydrogens is 497 g/mol. The van der Waals surface area contributed by atoms with Gasteiger partial charge in [0, 0.05) is 19.8 Å². The molecule has 1 aromatic carbocycles. The van der Waals surface area contributed by atoms with Gasteiger partial charge in [0.15, 0.2) is 5.96 Å². The Kier molecular flexibility index (Phi) is 11.8. The molecule has 2 rings (SSSR count). The largest absolute Gasteiger partial charge is 0.497 e. The maximum absolute atomic E-state index is 10.8. The standard InChI is InChI=1S/C22H33N3O4.HI/c1-5-28-14-6-13-23-21(24-15-18-8-10-19(27-4)11-9-18)25-16-22(3,26)20-12-7-17(2)29-20;/h7-12,26H,5-6,13-16H2,1-4H3,(H2,23,24,25);1H. The van der Waals surface area contributed by atoms with Gasteiger partial charge in [0.2, 0.25) is 0 Å². The summed E-state index contributed by atoms with van der Waals surface area (Å²) in [5, 5.41) is 17.3. The Bertz CT molecular complexity index is 760. The number of rotatable bonds is 11. The summed E-state index contributed by atoms with van der Waals surface area (Å²) in [5.41, 5.74) is -0.0862. The number of halogens is 1. The summed E-state index contributed by atoms with van der Waals surface area (Å²) >= 11 is 0. The van der Waals surface area contributed by atoms with E-state index in [0.717, 1.165) is 30.0 Å². The average Bonchev–Trinajstić information content (AvgIpc) is 3.17. The second-order valence-corrected chi connectivity index (χ2v) is 7.03. The molecule has 1 atom stereocenters. The van der Waals surface area contributed by atoms with Crippen molar-refractivity contribution in [3.63, 3.8) is 0 Å². The van der Waals surface area contributed by atoms with Crippen LogP contribution in [0.5, 0.6) is 5.75 Å². The van der Waals surface area contributed by atoms with Crippen molar-refractivity contribution in [1.82, 2.24) is 10.6 Å². The Balaban J connectivity index is 0.00000450. The third kappa shape index (κ3) is 8.93. The van der Waals surface area contributed by atoms with Crippen molar-refractivity contribution in [3.8, 4) is 5.75 Å². The summed E-state index contributed by atoms with van der Waals surface area (Å²) in [6, 6.07) is 11.4. The van der Waals surface area contributed by atoms with Gasteiger partial charge in [0.1, 0.15) is 22.9 Å². The van der Waals surface area contributed by atoms with Crippen molar-refractivity contribution in [1.29, 1.82) is 0 Å². The maximum Gasteiger partial charge on any atom is 0.191 e. The Labute approximate surface area is 196 Å². The summed E-state index contributed by atoms with van der Waals surface area (Å²) < 4.78 is 16.1. The lowest BCUT2D eigenvalue weighted by Gasteiger charge is -2.23. The number of aryl methyl sites for hydroxylation is 1. The lowest BCUT2D eigenvalue weighted by atomic mass is 10.0. The minimum absolute atomic E-state index is 0. The van der Waals surface area contributed by atoms with E-state index in [-0.39, 0.29) is 30.5 Å². The van der Waals surface area contributed by atoms with E-state index >= 15 is 0 Å². The molecule has 0 saturated carbocycles. The topological polar surface area (TPSA) is 88.2 Å². The van der Waals surface area contributed by atoms with Gasteiger partial charge in [-0.2, -0.15) is 0 Å². The van der Waals surface area contributed by atoms with E-state index in [1.165, 1.54) is 0 Å². The van der Waals surface area contributed by atoms with Crippen LogP contribution in [0.3, 0.4) is 0 Å². The minimum Gasteiger partial charge on any atom is -0.497 e. The van der Waals surface area contributed by atoms with Crippen LogP contribution in [0.2, 0.25) is 0 Å². The minimum atomic E-state index is -1.15. The number of ether oxygens (including phenoxy) is 2. The van der Waals surface area contributed by atoms with E-state index in [4.69, 9.17) is 13.9 Å². The van der Waals surface area contributed by atoms with E-state index in [2.05, 4.69) is 15.6 Å². The van der Waals surface area contributed by atoms with E-state index < -0.39 is 5.60 Å². The molecule has 1 unspecified atom stereocenters. The van der Waals surface area contributed by atoms with Crippen molar-refractivity contribution < 1.29 is 19.0 Å². The molecule has 0 aliphatic heterocycles. The molecule has 2 aromatic rings. The van der Waals surface area contributed by atoms with Gasteiger partial charge >= 0.3 is 0 Å². The second-order valence-electron chi connectivity index (χ2n) is 7.03. The van der Waals surface area contributed by atoms with Crippen LogP contribution in [0.25, 0.3) is 0 Å². The van der Waals surface area contributed by atoms with Gasteiger partial charge in [0.05, 0.1) is 20.2 Å². The number of aliphatic hydroxyl groups is 1. The third-order valence-electron chi connectivity index (χ3n) is 4.41. The van der Waals surface area contributed by atoms with E-state index in [9.17, 15) is 5.11 Å². The lowest BCUT2D eigenvalue weighted by molar-refractivity contribution is 0.0377. The molecule has 0 saturated heterocycles. The number of nitrogens with zero attached hydrogens (tertiary/aromatic N) is 1. The van der Waals surface area contributed by atoms with Crippen molar-refractivity contribution in [2.45, 2.75) is 39.3 Å². The van der Waals surface area contributed by atoms with E-state index in [0.29, 0.717) is 31.5 Å². The van der Waals surface area contributed by atoms with Crippen LogP contribution in [0.1, 0.15) is 37.4 Å². The number of hydrogen-bond donors (Lipinski definition) is 3. The van der Waals surface area contributed by atoms with Gasteiger partial charge in [-0.05, 0) is 57.0 Å². The van der Waals surface area contributed by atoms with Crippen molar-refractivity contribution in [2.75, 3.05) is 33.4 Å². The number of nitrogens with one attached hydrogen (secondary N) is 2. The number of furan rings is 1. The smallest absolute Gasteiger partial charge is 0.191 e. The highest BCUT2D eigenvalue weighted by Gasteiger charge is 2.27. The lowest BCUT2D eigenvalue weighted by Crippen LogP contribution is -2.44. The highest BCUT2D eigenvalue weighted by molar-refractivity contribution is 14.0. The highest BCUT2D eigenvalue weighted by atomic mass is 127. The summed E-state index contributed by atoms with van der Waals surface area (Å²) in [6.07, 6.45) is 0.866. The predicted molar refractivity (Wildman–Crippen MR) is 130 cm³/mol. The molecule has 1 heterocycles. The second kappa shape index (κ2) is 13.5. The van der Waals surface area contributed by atoms with Crippen LogP contribution in [-0.4, -0.2) is 44.5 Å². The van der Waals surface area contributed by atoms with Crippen LogP contribution in [-0.2, 0) is 16.9 Å². The number of guanidine groups is 1. The fourth-order valence-electron chi connectivity index (χ4n) is 2.67. The quantitative estimate of drug-likeness (QED) is 0.178. The van der Waals surface area contributed by atoms with Gasteiger partial charge in [-0.1, -0.05) is 12.1 Å². The Morgan fingerprint density at radius 2 is 1.90 bits per heavy atom. The fourth-order valence-corrected chi connectivity index (χ4v) is 2.67. The molecule has 0 aliphatic rings. The summed E-state index contributed by atoms with van der Waals surface area (Å²) in [6.45, 7) is 8.45. The molecule has 1 aromatic heterocycles. The fraction of sp³-hybridized carbons (Fsp3) is 0.500. The maximum atomic E-state index is 10.8. The van der Waals surface area contributed by atoms with Gasteiger partial charge in [0.25, 0.3) is 0 Å². The number of benzene rings is 1. The molecule has 0 amide bonds. The zero-order chi connectivity index (χ0) is 21.1. The van der Waals surface area contributed by atoms with Crippen LogP contribution < -0.4 is 15.4 Å². The van der Waals surface area contributed by atoms with Crippen molar-refractivity contribution >= 4 is 29.9 Å². The molecule has 8 heteroatoms. The number of hydrogen-bond acceptors (Lipinski definition) is 5. The Morgan fingerprint density at radius 3 is 2.50 bits per heavy atom. The van der Waals surface area contributed by atoms with Crippen LogP contribution in [0.4, 0.5) is 0 Å². The van der Waals surface area contributed by atoms with Crippen molar-refractivity contribution in [2.24, 2.45) is 4.99 Å². The first-order chi connectivity index (χ1) is 13.9. The molecule has 30 heavy (non-hydrogen) atoms. The molecule has 0 bridgehead atoms. The summed E-state index contributed by atoms with van der Waals surface area (Å²) in [7, 11) is 1.65. The SMILES string of the molecule is CCOCCCNC(=NCc1ccc(OC)cc1)NCC(C)(O)c1ccc(C)o1.I. The van der Waals surface area contributed by atoms with Gasteiger partial charge in [-0.15, -0.1) is 24.0 Å². The molecule has 3 N–H and O–H groups in total. The van der Waals surface area contributed by atoms with Crippen molar-refractivity contribution in [3.05, 3.63) is 53.5 Å². The van der Waals surface area contributed by atoms with Crippen LogP contribution in [0, 0.1) is 6.92 Å². The van der Waals surface area contributed by atoms with Gasteiger partial charge in [-0.25, -0.2) is 4.99 Å². The van der Waals surface area contributed by atoms with Gasteiger partial charge < -0.3 is 29.6 Å². The average molecular weight is 531 g/mol. The highest BCUT2D eigenvalue weighted by Crippen LogP contribution is 2.21. The predicted octanol–water partition coefficient (Wildman–Crippen LogP) is 3.58. The van der Waals surface area contributed by atoms with Crippen LogP contribution in [0.15, 0.2) is 45.8 Å². The molecule has 7 nitrogen and oxygen atoms in total. The molecule has 0 radical (unpaired) electrons. The monoisotopic (exact) mass is 531 g/mol. The molecular formula is C22H34IN3O4. The zero-order valence-electron chi connectivity index (χ0n) is 18.2. The third-order valence-corrected chi connectivity index (χ3v) is 4.41. The summed E-state index contributed by atoms with van der Waals surface area (Å²) in [4.78, 5) is 4.64. The Hall–Kier alpha value is -1.78. The molecule has 0 fully saturated rings. The normalized spacial score (nSPS) is 13.3. The van der Waals surface area contributed by atoms with Crippen LogP contribution >= 0.6 is 24.0 Å². The first kappa shape index (κ1) is 26.3. The summed E-state index contributed by atoms with van der Waals surface area (Å²) in [5.74, 6) is 2.73. The number of methoxy groups -OCH3 is 1. The first-order valence-electron chi connectivity index (χ1n) is 9.96. The van der Waals surface area contributed by atoms with Gasteiger partial charge in [-0.3, -0.25) is 0 Å². The molecule has 0 spiro atoms. The molecule has 0 aliphatic carbocycles. The zero-order valence-corrected chi connectivity index (χ0v) is 20.6. The molecule has 168 valence electrons. The van der Waals surface area contributed by atoms with E-state index in [1.807, 2.05) is 44.2 Å². The first-order valence-corrected chi connectivity index (χ1v) is 9.96.